The Balaban J connectivity index is 1.56. The molecule has 1 atom stereocenters. The molecule has 1 N–H and O–H groups in total. The van der Waals surface area contributed by atoms with Crippen molar-refractivity contribution in [3.63, 3.8) is 0 Å². The van der Waals surface area contributed by atoms with Crippen LogP contribution in [0.4, 0.5) is 5.69 Å². The van der Waals surface area contributed by atoms with Crippen LogP contribution in [0.1, 0.15) is 17.2 Å². The molecule has 27 heavy (non-hydrogen) atoms. The minimum Gasteiger partial charge on any atom is -0.497 e. The first kappa shape index (κ1) is 18.0. The molecule has 8 heteroatoms. The Bertz CT molecular complexity index is 972. The maximum absolute atomic E-state index is 13.1. The van der Waals surface area contributed by atoms with Crippen LogP contribution < -0.4 is 10.1 Å². The molecule has 142 valence electrons. The molecule has 2 aliphatic heterocycles. The Labute approximate surface area is 157 Å². The van der Waals surface area contributed by atoms with Gasteiger partial charge in [-0.05, 0) is 41.5 Å². The van der Waals surface area contributed by atoms with Crippen molar-refractivity contribution >= 4 is 21.6 Å². The first-order valence-corrected chi connectivity index (χ1v) is 10.1. The maximum Gasteiger partial charge on any atom is 0.243 e. The van der Waals surface area contributed by atoms with Crippen LogP contribution in [0, 0.1) is 0 Å². The number of morpholine rings is 1. The highest BCUT2D eigenvalue weighted by molar-refractivity contribution is 7.89. The van der Waals surface area contributed by atoms with Crippen molar-refractivity contribution in [2.75, 3.05) is 32.1 Å². The number of hydrogen-bond donors (Lipinski definition) is 1. The van der Waals surface area contributed by atoms with Crippen molar-refractivity contribution in [2.45, 2.75) is 17.4 Å². The third-order valence-electron chi connectivity index (χ3n) is 4.86. The lowest BCUT2D eigenvalue weighted by molar-refractivity contribution is -0.115. The largest absolute Gasteiger partial charge is 0.497 e. The molecule has 0 saturated carbocycles. The highest BCUT2D eigenvalue weighted by atomic mass is 32.2. The van der Waals surface area contributed by atoms with E-state index in [0.29, 0.717) is 24.4 Å². The molecule has 2 aliphatic rings. The zero-order chi connectivity index (χ0) is 19.0. The van der Waals surface area contributed by atoms with Crippen molar-refractivity contribution in [1.29, 1.82) is 0 Å². The van der Waals surface area contributed by atoms with Gasteiger partial charge >= 0.3 is 0 Å². The van der Waals surface area contributed by atoms with Gasteiger partial charge < -0.3 is 14.8 Å². The number of carbonyl (C=O) groups is 1. The van der Waals surface area contributed by atoms with Crippen LogP contribution in [-0.4, -0.2) is 45.4 Å². The van der Waals surface area contributed by atoms with Crippen LogP contribution >= 0.6 is 0 Å². The minimum atomic E-state index is -3.67. The molecule has 1 unspecified atom stereocenters. The summed E-state index contributed by atoms with van der Waals surface area (Å²) in [6.07, 6.45) is -0.131. The summed E-state index contributed by atoms with van der Waals surface area (Å²) in [6.45, 7) is 0.854. The van der Waals surface area contributed by atoms with Gasteiger partial charge in [-0.1, -0.05) is 12.1 Å². The number of ether oxygens (including phenoxy) is 2. The predicted molar refractivity (Wildman–Crippen MR) is 99.2 cm³/mol. The van der Waals surface area contributed by atoms with Crippen LogP contribution in [-0.2, 0) is 26.0 Å². The topological polar surface area (TPSA) is 84.9 Å². The minimum absolute atomic E-state index is 0.120. The molecule has 0 spiro atoms. The molecular formula is C19H20N2O5S. The average Bonchev–Trinajstić information content (AvgIpc) is 3.07. The fraction of sp³-hybridized carbons (Fsp3) is 0.316. The van der Waals surface area contributed by atoms with Gasteiger partial charge in [0.25, 0.3) is 0 Å². The molecule has 2 aromatic carbocycles. The second kappa shape index (κ2) is 6.95. The molecule has 2 aromatic rings. The van der Waals surface area contributed by atoms with Crippen LogP contribution in [0.5, 0.6) is 5.75 Å². The van der Waals surface area contributed by atoms with E-state index in [9.17, 15) is 13.2 Å². The third kappa shape index (κ3) is 3.43. The maximum atomic E-state index is 13.1. The molecule has 0 aromatic heterocycles. The van der Waals surface area contributed by atoms with E-state index in [0.717, 1.165) is 11.3 Å². The number of nitrogens with one attached hydrogen (secondary N) is 1. The fourth-order valence-corrected chi connectivity index (χ4v) is 4.86. The standard InChI is InChI=1S/C19H20N2O5S/c1-25-15-4-2-13(3-5-15)18-12-21(8-9-26-18)27(23,24)16-6-7-17-14(10-16)11-19(22)20-17/h2-7,10,18H,8-9,11-12H2,1H3,(H,20,22). The molecule has 0 radical (unpaired) electrons. The Morgan fingerprint density at radius 1 is 1.19 bits per heavy atom. The first-order chi connectivity index (χ1) is 13.0. The van der Waals surface area contributed by atoms with Crippen LogP contribution in [0.25, 0.3) is 0 Å². The van der Waals surface area contributed by atoms with Gasteiger partial charge in [0.15, 0.2) is 0 Å². The molecule has 7 nitrogen and oxygen atoms in total. The van der Waals surface area contributed by atoms with Gasteiger partial charge in [0.2, 0.25) is 15.9 Å². The van der Waals surface area contributed by atoms with Gasteiger partial charge in [-0.3, -0.25) is 4.79 Å². The molecule has 1 amide bonds. The average molecular weight is 388 g/mol. The van der Waals surface area contributed by atoms with Crippen LogP contribution in [0.3, 0.4) is 0 Å². The SMILES string of the molecule is COc1ccc(C2CN(S(=O)(=O)c3ccc4c(c3)CC(=O)N4)CCO2)cc1. The van der Waals surface area contributed by atoms with Gasteiger partial charge in [-0.25, -0.2) is 8.42 Å². The molecule has 4 rings (SSSR count). The quantitative estimate of drug-likeness (QED) is 0.865. The number of hydrogen-bond acceptors (Lipinski definition) is 5. The number of fused-ring (bicyclic) bond motifs is 1. The van der Waals surface area contributed by atoms with E-state index in [-0.39, 0.29) is 29.9 Å². The highest BCUT2D eigenvalue weighted by Crippen LogP contribution is 2.30. The third-order valence-corrected chi connectivity index (χ3v) is 6.72. The number of nitrogens with zero attached hydrogens (tertiary/aromatic N) is 1. The number of rotatable bonds is 4. The summed E-state index contributed by atoms with van der Waals surface area (Å²) < 4.78 is 38.6. The van der Waals surface area contributed by atoms with E-state index in [1.54, 1.807) is 19.2 Å². The number of methoxy groups -OCH3 is 1. The molecule has 2 heterocycles. The Morgan fingerprint density at radius 2 is 1.96 bits per heavy atom. The van der Waals surface area contributed by atoms with Crippen molar-refractivity contribution in [1.82, 2.24) is 4.31 Å². The summed E-state index contributed by atoms with van der Waals surface area (Å²) in [6, 6.07) is 12.2. The number of benzene rings is 2. The van der Waals surface area contributed by atoms with E-state index in [1.165, 1.54) is 10.4 Å². The number of carbonyl (C=O) groups excluding carboxylic acids is 1. The molecule has 0 bridgehead atoms. The number of sulfonamides is 1. The van der Waals surface area contributed by atoms with Gasteiger partial charge in [0.05, 0.1) is 31.1 Å². The summed E-state index contributed by atoms with van der Waals surface area (Å²) in [5.74, 6) is 0.617. The second-order valence-corrected chi connectivity index (χ2v) is 8.48. The summed E-state index contributed by atoms with van der Waals surface area (Å²) in [4.78, 5) is 11.7. The van der Waals surface area contributed by atoms with E-state index >= 15 is 0 Å². The molecule has 1 fully saturated rings. The lowest BCUT2D eigenvalue weighted by Crippen LogP contribution is -2.42. The fourth-order valence-electron chi connectivity index (χ4n) is 3.38. The van der Waals surface area contributed by atoms with Gasteiger partial charge in [-0.2, -0.15) is 4.31 Å². The predicted octanol–water partition coefficient (Wildman–Crippen LogP) is 1.95. The van der Waals surface area contributed by atoms with E-state index in [1.807, 2.05) is 24.3 Å². The molecular weight excluding hydrogens is 368 g/mol. The van der Waals surface area contributed by atoms with Gasteiger partial charge in [-0.15, -0.1) is 0 Å². The summed E-state index contributed by atoms with van der Waals surface area (Å²) >= 11 is 0. The normalized spacial score (nSPS) is 20.2. The Kier molecular flexibility index (Phi) is 4.63. The van der Waals surface area contributed by atoms with Crippen molar-refractivity contribution < 1.29 is 22.7 Å². The summed E-state index contributed by atoms with van der Waals surface area (Å²) in [7, 11) is -2.07. The van der Waals surface area contributed by atoms with E-state index in [2.05, 4.69) is 5.32 Å². The molecule has 0 aliphatic carbocycles. The van der Waals surface area contributed by atoms with Crippen molar-refractivity contribution in [3.05, 3.63) is 53.6 Å². The molecule has 1 saturated heterocycles. The summed E-state index contributed by atoms with van der Waals surface area (Å²) in [5.41, 5.74) is 2.29. The second-order valence-electron chi connectivity index (χ2n) is 6.54. The number of amides is 1. The van der Waals surface area contributed by atoms with Crippen LogP contribution in [0.2, 0.25) is 0 Å². The Morgan fingerprint density at radius 3 is 2.70 bits per heavy atom. The first-order valence-electron chi connectivity index (χ1n) is 8.66. The lowest BCUT2D eigenvalue weighted by atomic mass is 10.1. The van der Waals surface area contributed by atoms with Crippen molar-refractivity contribution in [3.8, 4) is 5.75 Å². The van der Waals surface area contributed by atoms with Crippen LogP contribution in [0.15, 0.2) is 47.4 Å². The number of anilines is 1. The van der Waals surface area contributed by atoms with E-state index < -0.39 is 10.0 Å². The Hall–Kier alpha value is -2.42. The zero-order valence-electron chi connectivity index (χ0n) is 14.8. The smallest absolute Gasteiger partial charge is 0.243 e. The zero-order valence-corrected chi connectivity index (χ0v) is 15.7. The van der Waals surface area contributed by atoms with Gasteiger partial charge in [0.1, 0.15) is 5.75 Å². The van der Waals surface area contributed by atoms with E-state index in [4.69, 9.17) is 9.47 Å². The lowest BCUT2D eigenvalue weighted by Gasteiger charge is -2.32. The highest BCUT2D eigenvalue weighted by Gasteiger charge is 2.32. The van der Waals surface area contributed by atoms with Gasteiger partial charge in [0, 0.05) is 18.8 Å². The van der Waals surface area contributed by atoms with Crippen molar-refractivity contribution in [2.24, 2.45) is 0 Å². The monoisotopic (exact) mass is 388 g/mol. The summed E-state index contributed by atoms with van der Waals surface area (Å²) in [5, 5.41) is 2.72.